The first-order valence-corrected chi connectivity index (χ1v) is 6.38. The van der Waals surface area contributed by atoms with Crippen LogP contribution in [0, 0.1) is 0 Å². The smallest absolute Gasteiger partial charge is 0.138 e. The topological polar surface area (TPSA) is 68.5 Å². The van der Waals surface area contributed by atoms with Gasteiger partial charge in [-0.25, -0.2) is 4.98 Å². The molecule has 1 unspecified atom stereocenters. The molecule has 0 radical (unpaired) electrons. The van der Waals surface area contributed by atoms with Crippen molar-refractivity contribution in [2.45, 2.75) is 25.8 Å². The molecule has 7 heteroatoms. The third-order valence-corrected chi connectivity index (χ3v) is 3.06. The molecular formula is C10H16N6S. The van der Waals surface area contributed by atoms with Crippen LogP contribution < -0.4 is 5.32 Å². The van der Waals surface area contributed by atoms with Crippen molar-refractivity contribution in [1.29, 1.82) is 0 Å². The summed E-state index contributed by atoms with van der Waals surface area (Å²) in [5.41, 5.74) is 0.978. The van der Waals surface area contributed by atoms with Crippen molar-refractivity contribution in [2.75, 3.05) is 6.54 Å². The molecule has 0 aromatic carbocycles. The van der Waals surface area contributed by atoms with Crippen LogP contribution in [0.25, 0.3) is 0 Å². The maximum absolute atomic E-state index is 4.29. The second-order valence-corrected chi connectivity index (χ2v) is 4.40. The summed E-state index contributed by atoms with van der Waals surface area (Å²) in [5, 5.41) is 7.54. The zero-order valence-electron chi connectivity index (χ0n) is 10.00. The molecule has 0 aliphatic carbocycles. The van der Waals surface area contributed by atoms with Crippen LogP contribution in [0.1, 0.15) is 30.9 Å². The van der Waals surface area contributed by atoms with E-state index < -0.39 is 0 Å². The Labute approximate surface area is 104 Å². The molecular weight excluding hydrogens is 236 g/mol. The average Bonchev–Trinajstić information content (AvgIpc) is 2.96. The van der Waals surface area contributed by atoms with Gasteiger partial charge in [-0.2, -0.15) is 13.8 Å². The van der Waals surface area contributed by atoms with E-state index >= 15 is 0 Å². The van der Waals surface area contributed by atoms with E-state index in [0.29, 0.717) is 0 Å². The molecule has 0 amide bonds. The maximum atomic E-state index is 4.29. The summed E-state index contributed by atoms with van der Waals surface area (Å²) in [4.78, 5) is 4.24. The fourth-order valence-electron chi connectivity index (χ4n) is 1.61. The monoisotopic (exact) mass is 252 g/mol. The molecule has 0 aliphatic rings. The highest BCUT2D eigenvalue weighted by Crippen LogP contribution is 2.15. The Morgan fingerprint density at radius 3 is 3.00 bits per heavy atom. The van der Waals surface area contributed by atoms with Crippen molar-refractivity contribution in [2.24, 2.45) is 7.05 Å². The van der Waals surface area contributed by atoms with E-state index in [9.17, 15) is 0 Å². The van der Waals surface area contributed by atoms with Gasteiger partial charge in [0, 0.05) is 13.5 Å². The summed E-state index contributed by atoms with van der Waals surface area (Å²) in [6.07, 6.45) is 5.26. The van der Waals surface area contributed by atoms with Crippen molar-refractivity contribution in [3.05, 3.63) is 24.0 Å². The summed E-state index contributed by atoms with van der Waals surface area (Å²) >= 11 is 1.24. The Hall–Kier alpha value is -1.34. The summed E-state index contributed by atoms with van der Waals surface area (Å²) in [5.74, 6) is 0.951. The van der Waals surface area contributed by atoms with Gasteiger partial charge in [0.25, 0.3) is 0 Å². The lowest BCUT2D eigenvalue weighted by Crippen LogP contribution is -2.25. The number of rotatable bonds is 6. The number of aromatic nitrogens is 5. The van der Waals surface area contributed by atoms with Gasteiger partial charge in [-0.05, 0) is 13.0 Å². The molecule has 0 fully saturated rings. The van der Waals surface area contributed by atoms with Crippen LogP contribution >= 0.6 is 11.7 Å². The van der Waals surface area contributed by atoms with E-state index in [1.165, 1.54) is 11.7 Å². The Kier molecular flexibility index (Phi) is 4.16. The van der Waals surface area contributed by atoms with E-state index in [1.54, 1.807) is 11.0 Å². The summed E-state index contributed by atoms with van der Waals surface area (Å²) in [7, 11) is 1.90. The van der Waals surface area contributed by atoms with Gasteiger partial charge in [0.05, 0.1) is 29.7 Å². The predicted molar refractivity (Wildman–Crippen MR) is 65.7 cm³/mol. The lowest BCUT2D eigenvalue weighted by atomic mass is 10.1. The lowest BCUT2D eigenvalue weighted by Gasteiger charge is -2.15. The van der Waals surface area contributed by atoms with Crippen LogP contribution in [0.15, 0.2) is 12.5 Å². The van der Waals surface area contributed by atoms with E-state index in [4.69, 9.17) is 0 Å². The predicted octanol–water partition coefficient (Wildman–Crippen LogP) is 0.950. The highest BCUT2D eigenvalue weighted by atomic mass is 32.1. The largest absolute Gasteiger partial charge is 0.308 e. The van der Waals surface area contributed by atoms with Gasteiger partial charge in [0.15, 0.2) is 0 Å². The quantitative estimate of drug-likeness (QED) is 0.829. The Morgan fingerprint density at radius 2 is 2.41 bits per heavy atom. The summed E-state index contributed by atoms with van der Waals surface area (Å²) in [6.45, 7) is 3.10. The lowest BCUT2D eigenvalue weighted by molar-refractivity contribution is 0.499. The van der Waals surface area contributed by atoms with Crippen LogP contribution in [-0.2, 0) is 13.5 Å². The highest BCUT2D eigenvalue weighted by molar-refractivity contribution is 6.99. The molecule has 2 aromatic rings. The summed E-state index contributed by atoms with van der Waals surface area (Å²) < 4.78 is 10.1. The van der Waals surface area contributed by atoms with Gasteiger partial charge in [-0.15, -0.1) is 0 Å². The zero-order chi connectivity index (χ0) is 12.1. The first-order valence-electron chi connectivity index (χ1n) is 5.65. The minimum absolute atomic E-state index is 0.164. The summed E-state index contributed by atoms with van der Waals surface area (Å²) in [6, 6.07) is 0.164. The van der Waals surface area contributed by atoms with E-state index in [0.717, 1.165) is 30.9 Å². The molecule has 0 saturated carbocycles. The molecule has 2 aromatic heterocycles. The minimum atomic E-state index is 0.164. The molecule has 2 heterocycles. The molecule has 17 heavy (non-hydrogen) atoms. The number of hydrogen-bond donors (Lipinski definition) is 1. The average molecular weight is 252 g/mol. The molecule has 6 nitrogen and oxygen atoms in total. The van der Waals surface area contributed by atoms with Crippen LogP contribution in [0.4, 0.5) is 0 Å². The second kappa shape index (κ2) is 5.83. The third kappa shape index (κ3) is 3.07. The maximum Gasteiger partial charge on any atom is 0.138 e. The molecule has 0 spiro atoms. The van der Waals surface area contributed by atoms with Crippen LogP contribution in [-0.4, -0.2) is 30.1 Å². The molecule has 2 rings (SSSR count). The van der Waals surface area contributed by atoms with Crippen molar-refractivity contribution in [3.8, 4) is 0 Å². The van der Waals surface area contributed by atoms with Gasteiger partial charge < -0.3 is 5.32 Å². The van der Waals surface area contributed by atoms with Crippen LogP contribution in [0.2, 0.25) is 0 Å². The molecule has 0 aliphatic heterocycles. The number of nitrogens with one attached hydrogen (secondary N) is 1. The Morgan fingerprint density at radius 1 is 1.53 bits per heavy atom. The fourth-order valence-corrected chi connectivity index (χ4v) is 2.08. The molecule has 0 saturated heterocycles. The van der Waals surface area contributed by atoms with Crippen molar-refractivity contribution in [1.82, 2.24) is 28.8 Å². The number of nitrogens with zero attached hydrogens (tertiary/aromatic N) is 5. The van der Waals surface area contributed by atoms with E-state index in [-0.39, 0.29) is 6.04 Å². The van der Waals surface area contributed by atoms with Gasteiger partial charge in [0.2, 0.25) is 0 Å². The van der Waals surface area contributed by atoms with E-state index in [2.05, 4.69) is 31.1 Å². The molecule has 92 valence electrons. The first kappa shape index (κ1) is 12.1. The van der Waals surface area contributed by atoms with Crippen molar-refractivity contribution < 1.29 is 0 Å². The van der Waals surface area contributed by atoms with Gasteiger partial charge in [-0.1, -0.05) is 6.92 Å². The minimum Gasteiger partial charge on any atom is -0.308 e. The standard InChI is InChI=1S/C10H16N6S/c1-3-4-11-8(9-6-14-17-15-9)5-10-12-7-13-16(10)2/h6-8,11H,3-5H2,1-2H3. The Balaban J connectivity index is 2.08. The zero-order valence-corrected chi connectivity index (χ0v) is 10.8. The van der Waals surface area contributed by atoms with Gasteiger partial charge in [0.1, 0.15) is 12.2 Å². The highest BCUT2D eigenvalue weighted by Gasteiger charge is 2.16. The number of hydrogen-bond acceptors (Lipinski definition) is 6. The van der Waals surface area contributed by atoms with Gasteiger partial charge >= 0.3 is 0 Å². The number of aryl methyl sites for hydroxylation is 1. The fraction of sp³-hybridized carbons (Fsp3) is 0.600. The van der Waals surface area contributed by atoms with Crippen LogP contribution in [0.3, 0.4) is 0 Å². The SMILES string of the molecule is CCCNC(Cc1ncnn1C)c1cnsn1. The first-order chi connectivity index (χ1) is 8.31. The second-order valence-electron chi connectivity index (χ2n) is 3.84. The van der Waals surface area contributed by atoms with Gasteiger partial charge in [-0.3, -0.25) is 4.68 Å². The van der Waals surface area contributed by atoms with Crippen molar-refractivity contribution in [3.63, 3.8) is 0 Å². The van der Waals surface area contributed by atoms with E-state index in [1.807, 2.05) is 13.2 Å². The normalized spacial score (nSPS) is 12.8. The van der Waals surface area contributed by atoms with Crippen molar-refractivity contribution >= 4 is 11.7 Å². The molecule has 1 N–H and O–H groups in total. The Bertz CT molecular complexity index is 437. The third-order valence-electron chi connectivity index (χ3n) is 2.57. The van der Waals surface area contributed by atoms with Crippen LogP contribution in [0.5, 0.6) is 0 Å². The molecule has 0 bridgehead atoms. The molecule has 1 atom stereocenters.